The van der Waals surface area contributed by atoms with E-state index in [1.54, 1.807) is 34.1 Å². The summed E-state index contributed by atoms with van der Waals surface area (Å²) in [4.78, 5) is 31.8. The van der Waals surface area contributed by atoms with Crippen molar-refractivity contribution in [3.63, 3.8) is 0 Å². The molecule has 0 bridgehead atoms. The van der Waals surface area contributed by atoms with Gasteiger partial charge in [-0.05, 0) is 24.3 Å². The molecule has 22 heavy (non-hydrogen) atoms. The Labute approximate surface area is 132 Å². The van der Waals surface area contributed by atoms with Crippen LogP contribution in [0.4, 0.5) is 0 Å². The molecule has 2 aromatic rings. The maximum Gasteiger partial charge on any atom is 0.289 e. The smallest absolute Gasteiger partial charge is 0.289 e. The highest BCUT2D eigenvalue weighted by Crippen LogP contribution is 2.13. The van der Waals surface area contributed by atoms with Gasteiger partial charge in [0.25, 0.3) is 11.8 Å². The minimum Gasteiger partial charge on any atom is -0.459 e. The van der Waals surface area contributed by atoms with Gasteiger partial charge in [-0.15, -0.1) is 0 Å². The Hall–Kier alpha value is -2.34. The Kier molecular flexibility index (Phi) is 4.11. The molecule has 7 heteroatoms. The first-order valence-electron chi connectivity index (χ1n) is 6.89. The number of pyridine rings is 1. The van der Waals surface area contributed by atoms with Gasteiger partial charge in [0.15, 0.2) is 5.76 Å². The Morgan fingerprint density at radius 2 is 1.77 bits per heavy atom. The van der Waals surface area contributed by atoms with Gasteiger partial charge >= 0.3 is 0 Å². The molecular formula is C15H14ClN3O3. The third-order valence-corrected chi connectivity index (χ3v) is 3.77. The van der Waals surface area contributed by atoms with Gasteiger partial charge < -0.3 is 14.2 Å². The molecule has 0 spiro atoms. The van der Waals surface area contributed by atoms with Crippen molar-refractivity contribution in [3.8, 4) is 0 Å². The molecule has 3 rings (SSSR count). The second kappa shape index (κ2) is 6.19. The highest BCUT2D eigenvalue weighted by molar-refractivity contribution is 6.29. The van der Waals surface area contributed by atoms with E-state index in [4.69, 9.17) is 16.0 Å². The summed E-state index contributed by atoms with van der Waals surface area (Å²) in [7, 11) is 0. The van der Waals surface area contributed by atoms with Crippen LogP contribution in [0.5, 0.6) is 0 Å². The van der Waals surface area contributed by atoms with E-state index < -0.39 is 0 Å². The number of hydrogen-bond donors (Lipinski definition) is 0. The van der Waals surface area contributed by atoms with Gasteiger partial charge in [0, 0.05) is 37.9 Å². The molecule has 0 saturated carbocycles. The predicted molar refractivity (Wildman–Crippen MR) is 79.8 cm³/mol. The third kappa shape index (κ3) is 2.96. The van der Waals surface area contributed by atoms with Gasteiger partial charge in [-0.3, -0.25) is 9.59 Å². The average Bonchev–Trinajstić information content (AvgIpc) is 3.08. The molecule has 0 N–H and O–H groups in total. The van der Waals surface area contributed by atoms with Crippen LogP contribution < -0.4 is 0 Å². The summed E-state index contributed by atoms with van der Waals surface area (Å²) < 4.78 is 5.11. The van der Waals surface area contributed by atoms with Crippen molar-refractivity contribution < 1.29 is 14.0 Å². The number of halogens is 1. The largest absolute Gasteiger partial charge is 0.459 e. The van der Waals surface area contributed by atoms with Crippen LogP contribution in [0.2, 0.25) is 5.15 Å². The van der Waals surface area contributed by atoms with Crippen molar-refractivity contribution in [3.05, 3.63) is 53.2 Å². The van der Waals surface area contributed by atoms with Crippen molar-refractivity contribution >= 4 is 23.4 Å². The van der Waals surface area contributed by atoms with E-state index in [0.29, 0.717) is 37.5 Å². The van der Waals surface area contributed by atoms with Crippen molar-refractivity contribution in [2.45, 2.75) is 0 Å². The molecule has 0 atom stereocenters. The fraction of sp³-hybridized carbons (Fsp3) is 0.267. The first-order valence-corrected chi connectivity index (χ1v) is 7.26. The van der Waals surface area contributed by atoms with Gasteiger partial charge in [0.05, 0.1) is 6.26 Å². The molecular weight excluding hydrogens is 306 g/mol. The summed E-state index contributed by atoms with van der Waals surface area (Å²) >= 11 is 5.80. The van der Waals surface area contributed by atoms with Crippen molar-refractivity contribution in [1.29, 1.82) is 0 Å². The van der Waals surface area contributed by atoms with Crippen LogP contribution in [0.25, 0.3) is 0 Å². The van der Waals surface area contributed by atoms with Crippen LogP contribution in [0.15, 0.2) is 41.1 Å². The molecule has 2 amide bonds. The van der Waals surface area contributed by atoms with E-state index in [-0.39, 0.29) is 17.0 Å². The molecule has 6 nitrogen and oxygen atoms in total. The number of carbonyl (C=O) groups excluding carboxylic acids is 2. The molecule has 1 aliphatic heterocycles. The standard InChI is InChI=1S/C15H14ClN3O3/c16-13-10-11(3-4-17-13)14(20)18-5-7-19(8-6-18)15(21)12-2-1-9-22-12/h1-4,9-10H,5-8H2. The number of rotatable bonds is 2. The summed E-state index contributed by atoms with van der Waals surface area (Å²) in [6, 6.07) is 6.50. The number of amides is 2. The van der Waals surface area contributed by atoms with E-state index in [2.05, 4.69) is 4.98 Å². The Bertz CT molecular complexity index is 679. The number of hydrogen-bond acceptors (Lipinski definition) is 4. The summed E-state index contributed by atoms with van der Waals surface area (Å²) in [5.74, 6) is 0.0687. The maximum atomic E-state index is 12.4. The molecule has 0 unspecified atom stereocenters. The molecule has 3 heterocycles. The number of piperazine rings is 1. The fourth-order valence-corrected chi connectivity index (χ4v) is 2.56. The number of carbonyl (C=O) groups is 2. The van der Waals surface area contributed by atoms with Crippen LogP contribution in [-0.2, 0) is 0 Å². The Morgan fingerprint density at radius 1 is 1.09 bits per heavy atom. The number of furan rings is 1. The molecule has 1 saturated heterocycles. The van der Waals surface area contributed by atoms with Crippen LogP contribution in [0, 0.1) is 0 Å². The minimum atomic E-state index is -0.149. The lowest BCUT2D eigenvalue weighted by molar-refractivity contribution is 0.0518. The molecule has 1 fully saturated rings. The topological polar surface area (TPSA) is 66.7 Å². The lowest BCUT2D eigenvalue weighted by Gasteiger charge is -2.34. The number of nitrogens with zero attached hydrogens (tertiary/aromatic N) is 3. The fourth-order valence-electron chi connectivity index (χ4n) is 2.39. The lowest BCUT2D eigenvalue weighted by atomic mass is 10.2. The lowest BCUT2D eigenvalue weighted by Crippen LogP contribution is -2.50. The van der Waals surface area contributed by atoms with Crippen molar-refractivity contribution in [1.82, 2.24) is 14.8 Å². The minimum absolute atomic E-state index is 0.102. The van der Waals surface area contributed by atoms with E-state index in [1.807, 2.05) is 0 Å². The summed E-state index contributed by atoms with van der Waals surface area (Å²) in [6.45, 7) is 1.91. The van der Waals surface area contributed by atoms with E-state index in [9.17, 15) is 9.59 Å². The summed E-state index contributed by atoms with van der Waals surface area (Å²) in [5.41, 5.74) is 0.505. The average molecular weight is 320 g/mol. The molecule has 1 aliphatic rings. The van der Waals surface area contributed by atoms with Gasteiger partial charge in [-0.1, -0.05) is 11.6 Å². The van der Waals surface area contributed by atoms with Gasteiger partial charge in [-0.25, -0.2) is 4.98 Å². The predicted octanol–water partition coefficient (Wildman–Crippen LogP) is 1.93. The van der Waals surface area contributed by atoms with Crippen molar-refractivity contribution in [2.24, 2.45) is 0 Å². The monoisotopic (exact) mass is 319 g/mol. The quantitative estimate of drug-likeness (QED) is 0.793. The van der Waals surface area contributed by atoms with Gasteiger partial charge in [-0.2, -0.15) is 0 Å². The van der Waals surface area contributed by atoms with Crippen molar-refractivity contribution in [2.75, 3.05) is 26.2 Å². The molecule has 0 aromatic carbocycles. The highest BCUT2D eigenvalue weighted by Gasteiger charge is 2.26. The van der Waals surface area contributed by atoms with E-state index in [0.717, 1.165) is 0 Å². The van der Waals surface area contributed by atoms with Crippen LogP contribution >= 0.6 is 11.6 Å². The zero-order valence-electron chi connectivity index (χ0n) is 11.7. The van der Waals surface area contributed by atoms with Crippen LogP contribution in [0.1, 0.15) is 20.9 Å². The second-order valence-electron chi connectivity index (χ2n) is 4.93. The zero-order valence-corrected chi connectivity index (χ0v) is 12.5. The summed E-state index contributed by atoms with van der Waals surface area (Å²) in [5, 5.41) is 0.289. The SMILES string of the molecule is O=C(c1ccnc(Cl)c1)N1CCN(C(=O)c2ccco2)CC1. The molecule has 0 radical (unpaired) electrons. The second-order valence-corrected chi connectivity index (χ2v) is 5.32. The van der Waals surface area contributed by atoms with Gasteiger partial charge in [0.1, 0.15) is 5.15 Å². The van der Waals surface area contributed by atoms with E-state index in [1.165, 1.54) is 12.5 Å². The Balaban J connectivity index is 1.62. The highest BCUT2D eigenvalue weighted by atomic mass is 35.5. The summed E-state index contributed by atoms with van der Waals surface area (Å²) in [6.07, 6.45) is 2.98. The first-order chi connectivity index (χ1) is 10.6. The zero-order chi connectivity index (χ0) is 15.5. The Morgan fingerprint density at radius 3 is 2.36 bits per heavy atom. The third-order valence-electron chi connectivity index (χ3n) is 3.56. The normalized spacial score (nSPS) is 15.0. The van der Waals surface area contributed by atoms with E-state index >= 15 is 0 Å². The maximum absolute atomic E-state index is 12.4. The molecule has 0 aliphatic carbocycles. The first kappa shape index (κ1) is 14.6. The number of aromatic nitrogens is 1. The van der Waals surface area contributed by atoms with Gasteiger partial charge in [0.2, 0.25) is 0 Å². The van der Waals surface area contributed by atoms with Crippen LogP contribution in [0.3, 0.4) is 0 Å². The molecule has 2 aromatic heterocycles. The van der Waals surface area contributed by atoms with Crippen LogP contribution in [-0.4, -0.2) is 52.8 Å². The molecule has 114 valence electrons.